The molecule has 0 spiro atoms. The Balaban J connectivity index is 1.88. The van der Waals surface area contributed by atoms with Crippen LogP contribution in [0.2, 0.25) is 5.02 Å². The quantitative estimate of drug-likeness (QED) is 0.403. The maximum absolute atomic E-state index is 10.3. The van der Waals surface area contributed by atoms with Crippen molar-refractivity contribution in [2.24, 2.45) is 0 Å². The highest BCUT2D eigenvalue weighted by atomic mass is 35.5. The molecule has 2 heterocycles. The number of aromatic nitrogens is 1. The Kier molecular flexibility index (Phi) is 4.39. The van der Waals surface area contributed by atoms with E-state index in [-0.39, 0.29) is 0 Å². The lowest BCUT2D eigenvalue weighted by atomic mass is 9.90. The van der Waals surface area contributed by atoms with Crippen molar-refractivity contribution < 1.29 is 13.7 Å². The number of aliphatic hydroxyl groups is 1. The molecule has 0 aliphatic heterocycles. The second-order valence-corrected chi connectivity index (χ2v) is 8.84. The third-order valence-corrected chi connectivity index (χ3v) is 6.42. The smallest absolute Gasteiger partial charge is 0.155 e. The topological polar surface area (TPSA) is 55.5 Å². The summed E-state index contributed by atoms with van der Waals surface area (Å²) in [7, 11) is 0. The predicted molar refractivity (Wildman–Crippen MR) is 111 cm³/mol. The molecule has 0 radical (unpaired) electrons. The van der Waals surface area contributed by atoms with E-state index in [1.165, 1.54) is 12.0 Å². The van der Waals surface area contributed by atoms with Crippen LogP contribution in [0.25, 0.3) is 32.7 Å². The summed E-state index contributed by atoms with van der Waals surface area (Å²) in [6.45, 7) is 7.19. The van der Waals surface area contributed by atoms with E-state index in [9.17, 15) is 5.11 Å². The number of hydrogen-bond donors (Lipinski definition) is 1. The molecule has 0 saturated carbocycles. The number of benzene rings is 2. The Labute approximate surface area is 166 Å². The minimum atomic E-state index is -0.993. The van der Waals surface area contributed by atoms with E-state index in [2.05, 4.69) is 11.1 Å². The number of fused-ring (bicyclic) bond motifs is 4. The molecule has 0 fully saturated rings. The van der Waals surface area contributed by atoms with Gasteiger partial charge in [-0.25, -0.2) is 0 Å². The average Bonchev–Trinajstić information content (AvgIpc) is 2.98. The van der Waals surface area contributed by atoms with Gasteiger partial charge in [-0.3, -0.25) is 4.98 Å². The Morgan fingerprint density at radius 1 is 1.11 bits per heavy atom. The fraction of sp³-hybridized carbons (Fsp3) is 0.286. The fourth-order valence-electron chi connectivity index (χ4n) is 2.72. The summed E-state index contributed by atoms with van der Waals surface area (Å²) < 4.78 is 12.1. The van der Waals surface area contributed by atoms with Crippen molar-refractivity contribution in [2.75, 3.05) is 0 Å². The van der Waals surface area contributed by atoms with E-state index in [0.717, 1.165) is 32.0 Å². The Morgan fingerprint density at radius 3 is 2.63 bits per heavy atom. The molecule has 0 atom stereocenters. The normalized spacial score (nSPS) is 13.1. The molecule has 4 rings (SSSR count). The molecule has 1 N–H and O–H groups in total. The van der Waals surface area contributed by atoms with Crippen LogP contribution in [-0.2, 0) is 4.18 Å². The lowest BCUT2D eigenvalue weighted by molar-refractivity contribution is -0.0813. The summed E-state index contributed by atoms with van der Waals surface area (Å²) >= 11 is 7.62. The van der Waals surface area contributed by atoms with Gasteiger partial charge in [0.15, 0.2) is 5.58 Å². The summed E-state index contributed by atoms with van der Waals surface area (Å²) in [5.41, 5.74) is -0.360. The number of pyridine rings is 1. The highest BCUT2D eigenvalue weighted by molar-refractivity contribution is 7.95. The number of rotatable bonds is 4. The maximum Gasteiger partial charge on any atom is 0.155 e. The van der Waals surface area contributed by atoms with Gasteiger partial charge in [-0.05, 0) is 63.4 Å². The van der Waals surface area contributed by atoms with Crippen LogP contribution in [0.3, 0.4) is 0 Å². The molecule has 0 bridgehead atoms. The van der Waals surface area contributed by atoms with E-state index in [0.29, 0.717) is 10.6 Å². The Hall–Kier alpha value is -1.79. The van der Waals surface area contributed by atoms with Gasteiger partial charge < -0.3 is 13.7 Å². The van der Waals surface area contributed by atoms with Crippen LogP contribution >= 0.6 is 23.6 Å². The van der Waals surface area contributed by atoms with Crippen molar-refractivity contribution in [1.29, 1.82) is 0 Å². The zero-order valence-corrected chi connectivity index (χ0v) is 17.1. The van der Waals surface area contributed by atoms with Crippen LogP contribution in [-0.4, -0.2) is 21.3 Å². The monoisotopic (exact) mass is 401 g/mol. The molecule has 0 unspecified atom stereocenters. The van der Waals surface area contributed by atoms with Crippen molar-refractivity contribution in [1.82, 2.24) is 4.98 Å². The van der Waals surface area contributed by atoms with Crippen LogP contribution in [0.4, 0.5) is 0 Å². The van der Waals surface area contributed by atoms with Crippen LogP contribution in [0.5, 0.6) is 0 Å². The largest absolute Gasteiger partial charge is 0.454 e. The van der Waals surface area contributed by atoms with Gasteiger partial charge in [0.2, 0.25) is 0 Å². The van der Waals surface area contributed by atoms with E-state index in [4.69, 9.17) is 20.2 Å². The summed E-state index contributed by atoms with van der Waals surface area (Å²) in [6, 6.07) is 9.75. The molecule has 0 aliphatic carbocycles. The van der Waals surface area contributed by atoms with Gasteiger partial charge in [0, 0.05) is 45.5 Å². The van der Waals surface area contributed by atoms with E-state index >= 15 is 0 Å². The van der Waals surface area contributed by atoms with Crippen molar-refractivity contribution in [3.8, 4) is 0 Å². The molecular formula is C21H20ClNO3S. The molecule has 27 heavy (non-hydrogen) atoms. The number of furan rings is 1. The molecule has 4 aromatic rings. The summed E-state index contributed by atoms with van der Waals surface area (Å²) in [4.78, 5) is 5.06. The minimum Gasteiger partial charge on any atom is -0.454 e. The molecule has 2 aromatic carbocycles. The van der Waals surface area contributed by atoms with Crippen LogP contribution < -0.4 is 0 Å². The SMILES string of the molecule is CC(C)(O)C(C)(C)OSc1ccc(Cl)c2oc3cc4cnccc4cc3c12. The average molecular weight is 402 g/mol. The van der Waals surface area contributed by atoms with Gasteiger partial charge in [0.1, 0.15) is 11.2 Å². The first-order valence-corrected chi connectivity index (χ1v) is 9.76. The molecular weight excluding hydrogens is 382 g/mol. The first-order valence-electron chi connectivity index (χ1n) is 8.64. The number of halogens is 1. The zero-order chi connectivity index (χ0) is 19.4. The molecule has 2 aromatic heterocycles. The van der Waals surface area contributed by atoms with E-state index in [1.54, 1.807) is 26.1 Å². The van der Waals surface area contributed by atoms with Gasteiger partial charge in [-0.2, -0.15) is 0 Å². The lowest BCUT2D eigenvalue weighted by Crippen LogP contribution is -2.45. The highest BCUT2D eigenvalue weighted by Gasteiger charge is 2.37. The van der Waals surface area contributed by atoms with Crippen molar-refractivity contribution in [3.63, 3.8) is 0 Å². The van der Waals surface area contributed by atoms with Gasteiger partial charge in [0.25, 0.3) is 0 Å². The summed E-state index contributed by atoms with van der Waals surface area (Å²) in [5.74, 6) is 0. The highest BCUT2D eigenvalue weighted by Crippen LogP contribution is 2.43. The van der Waals surface area contributed by atoms with Crippen LogP contribution in [0.15, 0.2) is 52.0 Å². The van der Waals surface area contributed by atoms with Gasteiger partial charge in [-0.15, -0.1) is 0 Å². The molecule has 4 nitrogen and oxygen atoms in total. The third-order valence-electron chi connectivity index (χ3n) is 5.10. The second-order valence-electron chi connectivity index (χ2n) is 7.66. The fourth-order valence-corrected chi connectivity index (χ4v) is 3.83. The van der Waals surface area contributed by atoms with Crippen LogP contribution in [0.1, 0.15) is 27.7 Å². The zero-order valence-electron chi connectivity index (χ0n) is 15.5. The van der Waals surface area contributed by atoms with E-state index in [1.807, 2.05) is 38.2 Å². The van der Waals surface area contributed by atoms with Gasteiger partial charge in [0.05, 0.1) is 10.6 Å². The maximum atomic E-state index is 10.3. The number of hydrogen-bond acceptors (Lipinski definition) is 5. The van der Waals surface area contributed by atoms with Crippen molar-refractivity contribution in [2.45, 2.75) is 43.8 Å². The molecule has 6 heteroatoms. The minimum absolute atomic E-state index is 0.550. The van der Waals surface area contributed by atoms with Gasteiger partial charge in [-0.1, -0.05) is 11.6 Å². The van der Waals surface area contributed by atoms with Crippen LogP contribution in [0, 0.1) is 0 Å². The Morgan fingerprint density at radius 2 is 1.89 bits per heavy atom. The third kappa shape index (κ3) is 3.19. The van der Waals surface area contributed by atoms with E-state index < -0.39 is 11.2 Å². The lowest BCUT2D eigenvalue weighted by Gasteiger charge is -2.35. The standard InChI is InChI=1S/C21H20ClNO3S/c1-20(2,24)21(3,4)26-27-17-6-5-15(22)19-18(17)14-9-12-7-8-23-11-13(12)10-16(14)25-19/h5-11,24H,1-4H3. The molecule has 0 aliphatic rings. The first-order chi connectivity index (χ1) is 12.7. The number of nitrogens with zero attached hydrogens (tertiary/aromatic N) is 1. The van der Waals surface area contributed by atoms with Crippen molar-refractivity contribution in [3.05, 3.63) is 47.7 Å². The second kappa shape index (κ2) is 6.38. The van der Waals surface area contributed by atoms with Crippen molar-refractivity contribution >= 4 is 56.4 Å². The molecule has 140 valence electrons. The molecule has 0 amide bonds. The Bertz CT molecular complexity index is 1160. The summed E-state index contributed by atoms with van der Waals surface area (Å²) in [6.07, 6.45) is 3.59. The summed E-state index contributed by atoms with van der Waals surface area (Å²) in [5, 5.41) is 14.9. The molecule has 0 saturated heterocycles. The predicted octanol–water partition coefficient (Wildman–Crippen LogP) is 6.36. The first kappa shape index (κ1) is 18.6. The van der Waals surface area contributed by atoms with Gasteiger partial charge >= 0.3 is 0 Å².